The highest BCUT2D eigenvalue weighted by molar-refractivity contribution is 9.10. The zero-order valence-electron chi connectivity index (χ0n) is 12.3. The fraction of sp³-hybridized carbons (Fsp3) is 0.250. The lowest BCUT2D eigenvalue weighted by Crippen LogP contribution is -2.12. The molecule has 0 saturated heterocycles. The van der Waals surface area contributed by atoms with Crippen molar-refractivity contribution in [2.75, 3.05) is 31.4 Å². The van der Waals surface area contributed by atoms with E-state index in [2.05, 4.69) is 26.1 Å². The monoisotopic (exact) mass is 368 g/mol. The van der Waals surface area contributed by atoms with Gasteiger partial charge in [0.1, 0.15) is 5.75 Å². The molecule has 2 aromatic rings. The lowest BCUT2D eigenvalue weighted by atomic mass is 10.2. The van der Waals surface area contributed by atoms with Crippen molar-refractivity contribution in [1.82, 2.24) is 0 Å². The molecule has 0 fully saturated rings. The summed E-state index contributed by atoms with van der Waals surface area (Å²) in [5.41, 5.74) is 3.28. The summed E-state index contributed by atoms with van der Waals surface area (Å²) < 4.78 is 6.19. The van der Waals surface area contributed by atoms with E-state index in [1.54, 1.807) is 7.11 Å². The Kier molecular flexibility index (Phi) is 5.37. The minimum atomic E-state index is 0.712. The van der Waals surface area contributed by atoms with Gasteiger partial charge in [-0.1, -0.05) is 17.7 Å². The molecular formula is C16H18BrClN2O. The van der Waals surface area contributed by atoms with Crippen LogP contribution in [0.3, 0.4) is 0 Å². The van der Waals surface area contributed by atoms with Crippen LogP contribution in [0.1, 0.15) is 5.56 Å². The van der Waals surface area contributed by atoms with Crippen molar-refractivity contribution in [2.24, 2.45) is 0 Å². The van der Waals surface area contributed by atoms with Gasteiger partial charge in [0.25, 0.3) is 0 Å². The van der Waals surface area contributed by atoms with Crippen LogP contribution in [0.15, 0.2) is 40.9 Å². The average molecular weight is 370 g/mol. The molecule has 0 aliphatic heterocycles. The van der Waals surface area contributed by atoms with E-state index in [0.29, 0.717) is 6.54 Å². The molecular weight excluding hydrogens is 352 g/mol. The SMILES string of the molecule is COc1ccc(CNc2cc(Cl)ccc2N(C)C)cc1Br. The molecule has 0 aliphatic carbocycles. The third kappa shape index (κ3) is 4.05. The van der Waals surface area contributed by atoms with Gasteiger partial charge in [0.2, 0.25) is 0 Å². The van der Waals surface area contributed by atoms with E-state index in [-0.39, 0.29) is 0 Å². The second-order valence-electron chi connectivity index (χ2n) is 4.88. The Labute approximate surface area is 139 Å². The molecule has 2 aromatic carbocycles. The topological polar surface area (TPSA) is 24.5 Å². The van der Waals surface area contributed by atoms with Gasteiger partial charge in [0, 0.05) is 25.7 Å². The molecule has 2 rings (SSSR count). The molecule has 0 aliphatic rings. The number of halogens is 2. The highest BCUT2D eigenvalue weighted by atomic mass is 79.9. The quantitative estimate of drug-likeness (QED) is 0.820. The van der Waals surface area contributed by atoms with Gasteiger partial charge in [0.15, 0.2) is 0 Å². The summed E-state index contributed by atoms with van der Waals surface area (Å²) in [5, 5.41) is 4.15. The van der Waals surface area contributed by atoms with E-state index in [1.165, 1.54) is 0 Å². The fourth-order valence-electron chi connectivity index (χ4n) is 2.06. The molecule has 0 heterocycles. The predicted octanol–water partition coefficient (Wildman–Crippen LogP) is 4.79. The van der Waals surface area contributed by atoms with E-state index < -0.39 is 0 Å². The molecule has 0 atom stereocenters. The first kappa shape index (κ1) is 16.0. The van der Waals surface area contributed by atoms with E-state index in [0.717, 1.165) is 32.2 Å². The van der Waals surface area contributed by atoms with Crippen LogP contribution in [0.25, 0.3) is 0 Å². The maximum absolute atomic E-state index is 6.09. The summed E-state index contributed by atoms with van der Waals surface area (Å²) in [4.78, 5) is 2.06. The van der Waals surface area contributed by atoms with Crippen molar-refractivity contribution in [3.05, 3.63) is 51.5 Å². The Morgan fingerprint density at radius 3 is 2.57 bits per heavy atom. The second kappa shape index (κ2) is 7.05. The number of anilines is 2. The normalized spacial score (nSPS) is 10.3. The molecule has 0 amide bonds. The highest BCUT2D eigenvalue weighted by Crippen LogP contribution is 2.29. The Bertz CT molecular complexity index is 632. The largest absolute Gasteiger partial charge is 0.496 e. The number of methoxy groups -OCH3 is 1. The average Bonchev–Trinajstić information content (AvgIpc) is 2.45. The van der Waals surface area contributed by atoms with Gasteiger partial charge in [0.05, 0.1) is 23.0 Å². The van der Waals surface area contributed by atoms with Crippen molar-refractivity contribution in [3.63, 3.8) is 0 Å². The zero-order valence-corrected chi connectivity index (χ0v) is 14.6. The number of hydrogen-bond donors (Lipinski definition) is 1. The number of rotatable bonds is 5. The van der Waals surface area contributed by atoms with Crippen LogP contribution in [-0.2, 0) is 6.54 Å². The molecule has 0 saturated carbocycles. The number of benzene rings is 2. The Hall–Kier alpha value is -1.39. The van der Waals surface area contributed by atoms with Gasteiger partial charge >= 0.3 is 0 Å². The van der Waals surface area contributed by atoms with Gasteiger partial charge in [-0.25, -0.2) is 0 Å². The molecule has 1 N–H and O–H groups in total. The number of nitrogens with zero attached hydrogens (tertiary/aromatic N) is 1. The van der Waals surface area contributed by atoms with Crippen LogP contribution in [0.2, 0.25) is 5.02 Å². The van der Waals surface area contributed by atoms with Crippen LogP contribution in [0, 0.1) is 0 Å². The van der Waals surface area contributed by atoms with Gasteiger partial charge in [-0.3, -0.25) is 0 Å². The molecule has 3 nitrogen and oxygen atoms in total. The molecule has 0 aromatic heterocycles. The van der Waals surface area contributed by atoms with E-state index in [4.69, 9.17) is 16.3 Å². The molecule has 0 spiro atoms. The standard InChI is InChI=1S/C16H18BrClN2O/c1-20(2)15-6-5-12(18)9-14(15)19-10-11-4-7-16(21-3)13(17)8-11/h4-9,19H,10H2,1-3H3. The van der Waals surface area contributed by atoms with Crippen molar-refractivity contribution >= 4 is 38.9 Å². The van der Waals surface area contributed by atoms with Gasteiger partial charge in [-0.05, 0) is 51.8 Å². The predicted molar refractivity (Wildman–Crippen MR) is 93.8 cm³/mol. The highest BCUT2D eigenvalue weighted by Gasteiger charge is 2.06. The van der Waals surface area contributed by atoms with Crippen LogP contribution >= 0.6 is 27.5 Å². The van der Waals surface area contributed by atoms with Crippen molar-refractivity contribution in [3.8, 4) is 5.75 Å². The van der Waals surface area contributed by atoms with E-state index in [9.17, 15) is 0 Å². The summed E-state index contributed by atoms with van der Waals surface area (Å²) in [5.74, 6) is 0.829. The Balaban J connectivity index is 2.16. The van der Waals surface area contributed by atoms with Crippen LogP contribution in [0.5, 0.6) is 5.75 Å². The Morgan fingerprint density at radius 2 is 1.95 bits per heavy atom. The summed E-state index contributed by atoms with van der Waals surface area (Å²) >= 11 is 9.59. The third-order valence-electron chi connectivity index (χ3n) is 3.14. The Morgan fingerprint density at radius 1 is 1.19 bits per heavy atom. The summed E-state index contributed by atoms with van der Waals surface area (Å²) in [7, 11) is 5.68. The molecule has 21 heavy (non-hydrogen) atoms. The minimum absolute atomic E-state index is 0.712. The summed E-state index contributed by atoms with van der Waals surface area (Å²) in [6.45, 7) is 0.712. The molecule has 0 radical (unpaired) electrons. The van der Waals surface area contributed by atoms with Gasteiger partial charge < -0.3 is 15.0 Å². The van der Waals surface area contributed by atoms with E-state index >= 15 is 0 Å². The second-order valence-corrected chi connectivity index (χ2v) is 6.17. The number of nitrogens with one attached hydrogen (secondary N) is 1. The molecule has 5 heteroatoms. The number of ether oxygens (including phenoxy) is 1. The number of hydrogen-bond acceptors (Lipinski definition) is 3. The summed E-state index contributed by atoms with van der Waals surface area (Å²) in [6.07, 6.45) is 0. The lowest BCUT2D eigenvalue weighted by molar-refractivity contribution is 0.412. The van der Waals surface area contributed by atoms with Crippen molar-refractivity contribution < 1.29 is 4.74 Å². The maximum Gasteiger partial charge on any atom is 0.133 e. The smallest absolute Gasteiger partial charge is 0.133 e. The van der Waals surface area contributed by atoms with Crippen LogP contribution in [0.4, 0.5) is 11.4 Å². The molecule has 0 unspecified atom stereocenters. The first-order valence-corrected chi connectivity index (χ1v) is 7.71. The first-order chi connectivity index (χ1) is 10.0. The zero-order chi connectivity index (χ0) is 15.4. The first-order valence-electron chi connectivity index (χ1n) is 6.54. The van der Waals surface area contributed by atoms with Crippen LogP contribution < -0.4 is 15.0 Å². The van der Waals surface area contributed by atoms with Crippen molar-refractivity contribution in [1.29, 1.82) is 0 Å². The summed E-state index contributed by atoms with van der Waals surface area (Å²) in [6, 6.07) is 11.9. The van der Waals surface area contributed by atoms with Gasteiger partial charge in [-0.15, -0.1) is 0 Å². The fourth-order valence-corrected chi connectivity index (χ4v) is 2.82. The lowest BCUT2D eigenvalue weighted by Gasteiger charge is -2.19. The van der Waals surface area contributed by atoms with Crippen molar-refractivity contribution in [2.45, 2.75) is 6.54 Å². The maximum atomic E-state index is 6.09. The molecule has 112 valence electrons. The van der Waals surface area contributed by atoms with Gasteiger partial charge in [-0.2, -0.15) is 0 Å². The van der Waals surface area contributed by atoms with Crippen LogP contribution in [-0.4, -0.2) is 21.2 Å². The third-order valence-corrected chi connectivity index (χ3v) is 3.99. The van der Waals surface area contributed by atoms with E-state index in [1.807, 2.05) is 50.5 Å². The minimum Gasteiger partial charge on any atom is -0.496 e. The molecule has 0 bridgehead atoms.